The molecule has 0 aliphatic carbocycles. The molecule has 78 valence electrons. The van der Waals surface area contributed by atoms with Crippen molar-refractivity contribution in [1.82, 2.24) is 20.1 Å². The number of hydrogen-bond donors (Lipinski definition) is 1. The van der Waals surface area contributed by atoms with E-state index in [1.54, 1.807) is 11.8 Å². The van der Waals surface area contributed by atoms with Crippen LogP contribution in [0.5, 0.6) is 0 Å². The Morgan fingerprint density at radius 2 is 2.36 bits per heavy atom. The van der Waals surface area contributed by atoms with Crippen LogP contribution in [0.1, 0.15) is 24.6 Å². The van der Waals surface area contributed by atoms with Crippen LogP contribution in [-0.4, -0.2) is 34.1 Å². The fourth-order valence-electron chi connectivity index (χ4n) is 1.93. The Bertz CT molecular complexity index is 304. The molecule has 1 aliphatic heterocycles. The lowest BCUT2D eigenvalue weighted by Gasteiger charge is -2.21. The zero-order chi connectivity index (χ0) is 9.97. The van der Waals surface area contributed by atoms with Gasteiger partial charge >= 0.3 is 0 Å². The van der Waals surface area contributed by atoms with E-state index in [1.807, 2.05) is 6.26 Å². The zero-order valence-electron chi connectivity index (χ0n) is 8.66. The van der Waals surface area contributed by atoms with Crippen molar-refractivity contribution >= 4 is 11.8 Å². The average Bonchev–Trinajstić information content (AvgIpc) is 2.61. The Labute approximate surface area is 88.5 Å². The molecule has 0 saturated carbocycles. The van der Waals surface area contributed by atoms with E-state index in [4.69, 9.17) is 0 Å². The zero-order valence-corrected chi connectivity index (χ0v) is 9.47. The van der Waals surface area contributed by atoms with E-state index in [-0.39, 0.29) is 0 Å². The summed E-state index contributed by atoms with van der Waals surface area (Å²) in [5.41, 5.74) is 0. The molecule has 0 radical (unpaired) electrons. The van der Waals surface area contributed by atoms with Gasteiger partial charge in [0, 0.05) is 19.5 Å². The molecule has 0 amide bonds. The van der Waals surface area contributed by atoms with Crippen molar-refractivity contribution in [2.75, 3.05) is 19.3 Å². The Morgan fingerprint density at radius 3 is 2.93 bits per heavy atom. The predicted molar refractivity (Wildman–Crippen MR) is 57.6 cm³/mol. The van der Waals surface area contributed by atoms with E-state index < -0.39 is 0 Å². The largest absolute Gasteiger partial charge is 0.316 e. The van der Waals surface area contributed by atoms with E-state index in [1.165, 1.54) is 12.8 Å². The SMILES string of the molecule is CSc1nnc(C2CCCNC2)n1C. The first-order valence-corrected chi connectivity index (χ1v) is 6.19. The lowest BCUT2D eigenvalue weighted by atomic mass is 9.99. The van der Waals surface area contributed by atoms with Gasteiger partial charge in [-0.2, -0.15) is 0 Å². The standard InChI is InChI=1S/C9H16N4S/c1-13-8(11-12-9(13)14-2)7-4-3-5-10-6-7/h7,10H,3-6H2,1-2H3. The van der Waals surface area contributed by atoms with Gasteiger partial charge in [0.2, 0.25) is 0 Å². The van der Waals surface area contributed by atoms with Crippen molar-refractivity contribution in [2.45, 2.75) is 23.9 Å². The van der Waals surface area contributed by atoms with Crippen molar-refractivity contribution in [3.8, 4) is 0 Å². The van der Waals surface area contributed by atoms with Crippen LogP contribution >= 0.6 is 11.8 Å². The van der Waals surface area contributed by atoms with E-state index in [0.717, 1.165) is 24.1 Å². The molecule has 1 unspecified atom stereocenters. The van der Waals surface area contributed by atoms with Gasteiger partial charge in [0.1, 0.15) is 5.82 Å². The second-order valence-corrected chi connectivity index (χ2v) is 4.42. The molecule has 4 nitrogen and oxygen atoms in total. The minimum absolute atomic E-state index is 0.544. The fourth-order valence-corrected chi connectivity index (χ4v) is 2.42. The summed E-state index contributed by atoms with van der Waals surface area (Å²) < 4.78 is 2.11. The molecule has 0 bridgehead atoms. The minimum Gasteiger partial charge on any atom is -0.316 e. The van der Waals surface area contributed by atoms with Gasteiger partial charge in [-0.25, -0.2) is 0 Å². The summed E-state index contributed by atoms with van der Waals surface area (Å²) in [6, 6.07) is 0. The summed E-state index contributed by atoms with van der Waals surface area (Å²) in [7, 11) is 2.05. The number of aromatic nitrogens is 3. The predicted octanol–water partition coefficient (Wildman–Crippen LogP) is 1.00. The molecule has 1 aliphatic rings. The first kappa shape index (κ1) is 9.98. The quantitative estimate of drug-likeness (QED) is 0.743. The maximum atomic E-state index is 4.26. The van der Waals surface area contributed by atoms with Gasteiger partial charge in [0.15, 0.2) is 5.16 Å². The summed E-state index contributed by atoms with van der Waals surface area (Å²) >= 11 is 1.65. The second kappa shape index (κ2) is 4.31. The lowest BCUT2D eigenvalue weighted by Crippen LogP contribution is -2.29. The van der Waals surface area contributed by atoms with Gasteiger partial charge in [0.05, 0.1) is 0 Å². The summed E-state index contributed by atoms with van der Waals surface area (Å²) in [5, 5.41) is 12.8. The Kier molecular flexibility index (Phi) is 3.08. The lowest BCUT2D eigenvalue weighted by molar-refractivity contribution is 0.436. The molecular formula is C9H16N4S. The highest BCUT2D eigenvalue weighted by atomic mass is 32.2. The number of nitrogens with zero attached hydrogens (tertiary/aromatic N) is 3. The molecule has 1 N–H and O–H groups in total. The summed E-state index contributed by atoms with van der Waals surface area (Å²) in [5.74, 6) is 1.67. The van der Waals surface area contributed by atoms with Crippen LogP contribution in [0.2, 0.25) is 0 Å². The molecule has 1 aromatic heterocycles. The van der Waals surface area contributed by atoms with Crippen LogP contribution in [0.15, 0.2) is 5.16 Å². The molecule has 5 heteroatoms. The third-order valence-corrected chi connectivity index (χ3v) is 3.43. The maximum absolute atomic E-state index is 4.26. The summed E-state index contributed by atoms with van der Waals surface area (Å²) in [4.78, 5) is 0. The Morgan fingerprint density at radius 1 is 1.50 bits per heavy atom. The van der Waals surface area contributed by atoms with Crippen LogP contribution < -0.4 is 5.32 Å². The normalized spacial score (nSPS) is 22.6. The highest BCUT2D eigenvalue weighted by molar-refractivity contribution is 7.98. The van der Waals surface area contributed by atoms with E-state index >= 15 is 0 Å². The smallest absolute Gasteiger partial charge is 0.190 e. The molecule has 1 aromatic rings. The van der Waals surface area contributed by atoms with Crippen molar-refractivity contribution in [1.29, 1.82) is 0 Å². The van der Waals surface area contributed by atoms with Crippen molar-refractivity contribution in [3.05, 3.63) is 5.82 Å². The van der Waals surface area contributed by atoms with Gasteiger partial charge in [-0.05, 0) is 25.6 Å². The number of hydrogen-bond acceptors (Lipinski definition) is 4. The molecule has 2 rings (SSSR count). The van der Waals surface area contributed by atoms with Crippen molar-refractivity contribution < 1.29 is 0 Å². The van der Waals surface area contributed by atoms with Crippen LogP contribution in [-0.2, 0) is 7.05 Å². The first-order chi connectivity index (χ1) is 6.83. The van der Waals surface area contributed by atoms with Gasteiger partial charge in [-0.15, -0.1) is 10.2 Å². The van der Waals surface area contributed by atoms with E-state index in [0.29, 0.717) is 5.92 Å². The van der Waals surface area contributed by atoms with Gasteiger partial charge in [-0.3, -0.25) is 0 Å². The molecule has 0 spiro atoms. The third kappa shape index (κ3) is 1.79. The number of nitrogens with one attached hydrogen (secondary N) is 1. The highest BCUT2D eigenvalue weighted by Gasteiger charge is 2.20. The monoisotopic (exact) mass is 212 g/mol. The molecule has 2 heterocycles. The topological polar surface area (TPSA) is 42.7 Å². The molecule has 1 saturated heterocycles. The van der Waals surface area contributed by atoms with Crippen LogP contribution in [0.25, 0.3) is 0 Å². The van der Waals surface area contributed by atoms with Gasteiger partial charge in [-0.1, -0.05) is 11.8 Å². The van der Waals surface area contributed by atoms with Crippen molar-refractivity contribution in [3.63, 3.8) is 0 Å². The fraction of sp³-hybridized carbons (Fsp3) is 0.778. The molecule has 0 aromatic carbocycles. The number of thioether (sulfide) groups is 1. The van der Waals surface area contributed by atoms with E-state index in [2.05, 4.69) is 27.1 Å². The third-order valence-electron chi connectivity index (χ3n) is 2.71. The molecule has 1 fully saturated rings. The summed E-state index contributed by atoms with van der Waals surface area (Å²) in [6.45, 7) is 2.18. The summed E-state index contributed by atoms with van der Waals surface area (Å²) in [6.07, 6.45) is 4.51. The molecule has 1 atom stereocenters. The van der Waals surface area contributed by atoms with Gasteiger partial charge in [0.25, 0.3) is 0 Å². The van der Waals surface area contributed by atoms with Gasteiger partial charge < -0.3 is 9.88 Å². The number of piperidine rings is 1. The van der Waals surface area contributed by atoms with Crippen molar-refractivity contribution in [2.24, 2.45) is 7.05 Å². The Hall–Kier alpha value is -0.550. The molecular weight excluding hydrogens is 196 g/mol. The van der Waals surface area contributed by atoms with E-state index in [9.17, 15) is 0 Å². The van der Waals surface area contributed by atoms with Crippen LogP contribution in [0, 0.1) is 0 Å². The number of rotatable bonds is 2. The molecule has 14 heavy (non-hydrogen) atoms. The minimum atomic E-state index is 0.544. The second-order valence-electron chi connectivity index (χ2n) is 3.65. The first-order valence-electron chi connectivity index (χ1n) is 4.97. The maximum Gasteiger partial charge on any atom is 0.190 e. The van der Waals surface area contributed by atoms with Crippen LogP contribution in [0.3, 0.4) is 0 Å². The average molecular weight is 212 g/mol. The van der Waals surface area contributed by atoms with Crippen LogP contribution in [0.4, 0.5) is 0 Å². The Balaban J connectivity index is 2.18. The highest BCUT2D eigenvalue weighted by Crippen LogP contribution is 2.23.